The minimum absolute atomic E-state index is 0.670. The third-order valence-corrected chi connectivity index (χ3v) is 7.48. The third kappa shape index (κ3) is 1.56. The lowest BCUT2D eigenvalue weighted by atomic mass is 9.99. The molecule has 0 amide bonds. The van der Waals surface area contributed by atoms with Gasteiger partial charge < -0.3 is 0 Å². The van der Waals surface area contributed by atoms with Crippen LogP contribution in [0.2, 0.25) is 5.04 Å². The van der Waals surface area contributed by atoms with Gasteiger partial charge in [0.1, 0.15) is 0 Å². The van der Waals surface area contributed by atoms with Crippen molar-refractivity contribution >= 4 is 8.80 Å². The summed E-state index contributed by atoms with van der Waals surface area (Å²) in [5, 5.41) is 0.670. The summed E-state index contributed by atoms with van der Waals surface area (Å²) < 4.78 is 0. The summed E-state index contributed by atoms with van der Waals surface area (Å²) in [6.07, 6.45) is 8.54. The van der Waals surface area contributed by atoms with Gasteiger partial charge in [-0.2, -0.15) is 0 Å². The molecule has 0 fully saturated rings. The highest BCUT2D eigenvalue weighted by molar-refractivity contribution is 6.73. The van der Waals surface area contributed by atoms with Crippen LogP contribution in [0, 0.1) is 0 Å². The minimum atomic E-state index is -0.693. The molecule has 1 aliphatic rings. The Balaban J connectivity index is 2.76. The maximum atomic E-state index is 2.48. The van der Waals surface area contributed by atoms with Gasteiger partial charge in [-0.25, -0.2) is 0 Å². The molecule has 1 heteroatoms. The van der Waals surface area contributed by atoms with Crippen LogP contribution in [0.4, 0.5) is 0 Å². The molecule has 0 N–H and O–H groups in total. The summed E-state index contributed by atoms with van der Waals surface area (Å²) in [5.74, 6) is 0. The van der Waals surface area contributed by atoms with Crippen LogP contribution in [0.3, 0.4) is 0 Å². The number of allylic oxidation sites excluding steroid dienone is 2. The largest absolute Gasteiger partial charge is 0.0930 e. The summed E-state index contributed by atoms with van der Waals surface area (Å²) in [5.41, 5.74) is 4.97. The van der Waals surface area contributed by atoms with Gasteiger partial charge in [-0.05, 0) is 5.04 Å². The summed E-state index contributed by atoms with van der Waals surface area (Å²) >= 11 is 0. The molecule has 0 spiro atoms. The van der Waals surface area contributed by atoms with Crippen molar-refractivity contribution in [1.82, 2.24) is 0 Å². The topological polar surface area (TPSA) is 0 Å². The van der Waals surface area contributed by atoms with Crippen LogP contribution in [0.1, 0.15) is 40.0 Å². The lowest BCUT2D eigenvalue weighted by Crippen LogP contribution is -2.27. The van der Waals surface area contributed by atoms with Gasteiger partial charge >= 0.3 is 0 Å². The molecule has 0 unspecified atom stereocenters. The predicted molar refractivity (Wildman–Crippen MR) is 59.0 cm³/mol. The SMILES string of the molecule is CCC(CC)(CC)[SiH]1C=CC=C1. The van der Waals surface area contributed by atoms with Crippen LogP contribution in [-0.2, 0) is 0 Å². The first kappa shape index (κ1) is 9.78. The van der Waals surface area contributed by atoms with Gasteiger partial charge in [-0.1, -0.05) is 63.6 Å². The van der Waals surface area contributed by atoms with Crippen molar-refractivity contribution in [2.75, 3.05) is 0 Å². The van der Waals surface area contributed by atoms with Crippen molar-refractivity contribution in [3.8, 4) is 0 Å². The summed E-state index contributed by atoms with van der Waals surface area (Å²) in [7, 11) is -0.693. The quantitative estimate of drug-likeness (QED) is 0.582. The van der Waals surface area contributed by atoms with Gasteiger partial charge in [-0.15, -0.1) is 0 Å². The first-order valence-corrected chi connectivity index (χ1v) is 7.05. The predicted octanol–water partition coefficient (Wildman–Crippen LogP) is 3.39. The Kier molecular flexibility index (Phi) is 3.33. The molecule has 0 bridgehead atoms. The van der Waals surface area contributed by atoms with Crippen LogP contribution in [-0.4, -0.2) is 8.80 Å². The van der Waals surface area contributed by atoms with Crippen LogP contribution in [0.25, 0.3) is 0 Å². The Morgan fingerprint density at radius 1 is 0.917 bits per heavy atom. The standard InChI is InChI=1S/C11H20Si/c1-4-11(5-2,6-3)12-9-7-8-10-12/h7-10,12H,4-6H2,1-3H3. The molecule has 0 saturated heterocycles. The lowest BCUT2D eigenvalue weighted by molar-refractivity contribution is 0.493. The molecule has 1 aliphatic heterocycles. The molecule has 0 aromatic rings. The van der Waals surface area contributed by atoms with Gasteiger partial charge in [0.2, 0.25) is 0 Å². The number of rotatable bonds is 4. The van der Waals surface area contributed by atoms with Crippen LogP contribution < -0.4 is 0 Å². The van der Waals surface area contributed by atoms with Crippen LogP contribution >= 0.6 is 0 Å². The van der Waals surface area contributed by atoms with Gasteiger partial charge in [0, 0.05) is 0 Å². The summed E-state index contributed by atoms with van der Waals surface area (Å²) in [6, 6.07) is 0. The van der Waals surface area contributed by atoms with Crippen molar-refractivity contribution in [1.29, 1.82) is 0 Å². The van der Waals surface area contributed by atoms with Gasteiger partial charge in [-0.3, -0.25) is 0 Å². The Bertz CT molecular complexity index is 167. The first-order valence-electron chi connectivity index (χ1n) is 5.14. The van der Waals surface area contributed by atoms with Crippen molar-refractivity contribution in [2.45, 2.75) is 45.1 Å². The molecule has 0 atom stereocenters. The zero-order valence-corrected chi connectivity index (χ0v) is 9.66. The van der Waals surface area contributed by atoms with Crippen molar-refractivity contribution in [3.05, 3.63) is 23.6 Å². The minimum Gasteiger partial charge on any atom is -0.0930 e. The second kappa shape index (κ2) is 4.08. The van der Waals surface area contributed by atoms with E-state index in [1.165, 1.54) is 19.3 Å². The Morgan fingerprint density at radius 2 is 1.33 bits per heavy atom. The van der Waals surface area contributed by atoms with Crippen LogP contribution in [0.15, 0.2) is 23.6 Å². The van der Waals surface area contributed by atoms with E-state index in [-0.39, 0.29) is 0 Å². The fourth-order valence-corrected chi connectivity index (χ4v) is 5.39. The number of hydrogen-bond acceptors (Lipinski definition) is 0. The first-order chi connectivity index (χ1) is 5.79. The normalized spacial score (nSPS) is 17.6. The van der Waals surface area contributed by atoms with Crippen molar-refractivity contribution in [2.24, 2.45) is 0 Å². The Morgan fingerprint density at radius 3 is 1.67 bits per heavy atom. The molecule has 0 aromatic heterocycles. The van der Waals surface area contributed by atoms with E-state index in [9.17, 15) is 0 Å². The molecule has 0 aromatic carbocycles. The molecular weight excluding hydrogens is 160 g/mol. The van der Waals surface area contributed by atoms with Crippen LogP contribution in [0.5, 0.6) is 0 Å². The fraction of sp³-hybridized carbons (Fsp3) is 0.636. The van der Waals surface area contributed by atoms with Gasteiger partial charge in [0.25, 0.3) is 0 Å². The average molecular weight is 180 g/mol. The zero-order valence-electron chi connectivity index (χ0n) is 8.51. The molecule has 0 radical (unpaired) electrons. The van der Waals surface area contributed by atoms with E-state index in [1.807, 2.05) is 0 Å². The van der Waals surface area contributed by atoms with Crippen molar-refractivity contribution in [3.63, 3.8) is 0 Å². The number of hydrogen-bond donors (Lipinski definition) is 0. The zero-order chi connectivity index (χ0) is 9.03. The van der Waals surface area contributed by atoms with E-state index in [4.69, 9.17) is 0 Å². The van der Waals surface area contributed by atoms with E-state index in [0.717, 1.165) is 0 Å². The molecule has 1 rings (SSSR count). The van der Waals surface area contributed by atoms with Gasteiger partial charge in [0.15, 0.2) is 0 Å². The molecular formula is C11H20Si. The average Bonchev–Trinajstić information content (AvgIpc) is 2.62. The van der Waals surface area contributed by atoms with E-state index in [0.29, 0.717) is 5.04 Å². The summed E-state index contributed by atoms with van der Waals surface area (Å²) in [6.45, 7) is 7.04. The Labute approximate surface area is 78.0 Å². The molecule has 0 aliphatic carbocycles. The van der Waals surface area contributed by atoms with Gasteiger partial charge in [0.05, 0.1) is 8.80 Å². The molecule has 0 nitrogen and oxygen atoms in total. The molecule has 0 saturated carbocycles. The second-order valence-electron chi connectivity index (χ2n) is 3.72. The van der Waals surface area contributed by atoms with E-state index >= 15 is 0 Å². The highest BCUT2D eigenvalue weighted by atomic mass is 28.3. The summed E-state index contributed by atoms with van der Waals surface area (Å²) in [4.78, 5) is 0. The highest BCUT2D eigenvalue weighted by Crippen LogP contribution is 2.43. The Hall–Kier alpha value is -0.303. The fourth-order valence-electron chi connectivity index (χ4n) is 2.30. The molecule has 68 valence electrons. The molecule has 1 heterocycles. The highest BCUT2D eigenvalue weighted by Gasteiger charge is 2.32. The molecule has 12 heavy (non-hydrogen) atoms. The third-order valence-electron chi connectivity index (χ3n) is 3.57. The van der Waals surface area contributed by atoms with E-state index in [2.05, 4.69) is 44.3 Å². The maximum absolute atomic E-state index is 2.48. The van der Waals surface area contributed by atoms with E-state index in [1.54, 1.807) is 0 Å². The maximum Gasteiger partial charge on any atom is 0.0912 e. The van der Waals surface area contributed by atoms with E-state index < -0.39 is 8.80 Å². The second-order valence-corrected chi connectivity index (χ2v) is 6.76. The monoisotopic (exact) mass is 180 g/mol. The smallest absolute Gasteiger partial charge is 0.0912 e. The lowest BCUT2D eigenvalue weighted by Gasteiger charge is -2.34. The van der Waals surface area contributed by atoms with Crippen molar-refractivity contribution < 1.29 is 0 Å².